The van der Waals surface area contributed by atoms with Gasteiger partial charge in [0.2, 0.25) is 0 Å². The second-order valence-electron chi connectivity index (χ2n) is 5.76. The average molecular weight is 235 g/mol. The van der Waals surface area contributed by atoms with Gasteiger partial charge in [-0.15, -0.1) is 0 Å². The van der Waals surface area contributed by atoms with Gasteiger partial charge in [-0.2, -0.15) is 0 Å². The maximum atomic E-state index is 5.24. The van der Waals surface area contributed by atoms with Crippen molar-refractivity contribution in [2.24, 2.45) is 11.8 Å². The Labute approximate surface area is 105 Å². The summed E-state index contributed by atoms with van der Waals surface area (Å²) in [6, 6.07) is 2.14. The number of furan rings is 1. The molecule has 1 aromatic heterocycles. The molecule has 0 bridgehead atoms. The summed E-state index contributed by atoms with van der Waals surface area (Å²) in [6.07, 6.45) is 9.20. The summed E-state index contributed by atoms with van der Waals surface area (Å²) in [5.41, 5.74) is 1.40. The summed E-state index contributed by atoms with van der Waals surface area (Å²) in [7, 11) is 0. The molecule has 2 atom stereocenters. The Hall–Kier alpha value is -0.760. The van der Waals surface area contributed by atoms with E-state index < -0.39 is 0 Å². The van der Waals surface area contributed by atoms with Crippen molar-refractivity contribution in [3.05, 3.63) is 24.2 Å². The molecule has 1 aliphatic rings. The van der Waals surface area contributed by atoms with E-state index in [1.165, 1.54) is 31.2 Å². The molecule has 1 heterocycles. The van der Waals surface area contributed by atoms with Crippen LogP contribution in [-0.4, -0.2) is 13.1 Å². The van der Waals surface area contributed by atoms with Crippen LogP contribution in [0, 0.1) is 11.8 Å². The summed E-state index contributed by atoms with van der Waals surface area (Å²) in [5.74, 6) is 2.24. The predicted molar refractivity (Wildman–Crippen MR) is 71.1 cm³/mol. The lowest BCUT2D eigenvalue weighted by Crippen LogP contribution is -2.31. The van der Waals surface area contributed by atoms with Crippen LogP contribution in [0.3, 0.4) is 0 Å². The van der Waals surface area contributed by atoms with Crippen LogP contribution in [0.2, 0.25) is 0 Å². The zero-order valence-corrected chi connectivity index (χ0v) is 11.1. The monoisotopic (exact) mass is 235 g/mol. The predicted octanol–water partition coefficient (Wildman–Crippen LogP) is 3.80. The molecule has 17 heavy (non-hydrogen) atoms. The van der Waals surface area contributed by atoms with Crippen molar-refractivity contribution >= 4 is 0 Å². The topological polar surface area (TPSA) is 25.2 Å². The van der Waals surface area contributed by atoms with Crippen molar-refractivity contribution < 1.29 is 4.42 Å². The molecule has 1 aromatic rings. The third kappa shape index (κ3) is 3.60. The maximum absolute atomic E-state index is 5.24. The Morgan fingerprint density at radius 2 is 2.18 bits per heavy atom. The first-order chi connectivity index (χ1) is 8.27. The van der Waals surface area contributed by atoms with Gasteiger partial charge in [-0.25, -0.2) is 0 Å². The minimum atomic E-state index is 0.710. The van der Waals surface area contributed by atoms with Crippen molar-refractivity contribution in [1.29, 1.82) is 0 Å². The van der Waals surface area contributed by atoms with Gasteiger partial charge < -0.3 is 9.73 Å². The Kier molecular flexibility index (Phi) is 4.66. The van der Waals surface area contributed by atoms with Gasteiger partial charge in [0.1, 0.15) is 0 Å². The van der Waals surface area contributed by atoms with Gasteiger partial charge in [0, 0.05) is 0 Å². The highest BCUT2D eigenvalue weighted by atomic mass is 16.3. The lowest BCUT2D eigenvalue weighted by atomic mass is 9.76. The van der Waals surface area contributed by atoms with E-state index in [4.69, 9.17) is 4.42 Å². The number of hydrogen-bond acceptors (Lipinski definition) is 2. The second-order valence-corrected chi connectivity index (χ2v) is 5.76. The standard InChI is InChI=1S/C15H25NO/c1-12(2)9-16-10-13-5-3-4-6-15(13)14-7-8-17-11-14/h7-8,11-13,15-16H,3-6,9-10H2,1-2H3. The minimum Gasteiger partial charge on any atom is -0.472 e. The van der Waals surface area contributed by atoms with Crippen LogP contribution in [-0.2, 0) is 0 Å². The molecule has 0 aliphatic heterocycles. The third-order valence-corrected chi connectivity index (χ3v) is 3.84. The first-order valence-electron chi connectivity index (χ1n) is 7.00. The molecule has 0 spiro atoms. The van der Waals surface area contributed by atoms with Gasteiger partial charge in [0.25, 0.3) is 0 Å². The fraction of sp³-hybridized carbons (Fsp3) is 0.733. The highest BCUT2D eigenvalue weighted by Crippen LogP contribution is 2.37. The molecule has 2 unspecified atom stereocenters. The van der Waals surface area contributed by atoms with Gasteiger partial charge >= 0.3 is 0 Å². The lowest BCUT2D eigenvalue weighted by molar-refractivity contribution is 0.291. The molecule has 0 aromatic carbocycles. The Morgan fingerprint density at radius 3 is 2.88 bits per heavy atom. The Balaban J connectivity index is 1.89. The molecule has 1 fully saturated rings. The minimum absolute atomic E-state index is 0.710. The van der Waals surface area contributed by atoms with Crippen LogP contribution in [0.1, 0.15) is 51.0 Å². The zero-order valence-electron chi connectivity index (χ0n) is 11.1. The largest absolute Gasteiger partial charge is 0.472 e. The molecular formula is C15H25NO. The average Bonchev–Trinajstić information content (AvgIpc) is 2.82. The zero-order chi connectivity index (χ0) is 12.1. The first-order valence-corrected chi connectivity index (χ1v) is 7.00. The molecule has 0 amide bonds. The molecule has 2 rings (SSSR count). The smallest absolute Gasteiger partial charge is 0.0937 e. The lowest BCUT2D eigenvalue weighted by Gasteiger charge is -2.31. The second kappa shape index (κ2) is 6.25. The summed E-state index contributed by atoms with van der Waals surface area (Å²) in [5, 5.41) is 3.62. The van der Waals surface area contributed by atoms with Crippen LogP contribution in [0.15, 0.2) is 23.0 Å². The van der Waals surface area contributed by atoms with Crippen LogP contribution in [0.5, 0.6) is 0 Å². The fourth-order valence-electron chi connectivity index (χ4n) is 2.93. The van der Waals surface area contributed by atoms with Gasteiger partial charge in [-0.1, -0.05) is 26.7 Å². The highest BCUT2D eigenvalue weighted by molar-refractivity contribution is 5.14. The Bertz CT molecular complexity index is 305. The van der Waals surface area contributed by atoms with Gasteiger partial charge in [0.05, 0.1) is 12.5 Å². The summed E-state index contributed by atoms with van der Waals surface area (Å²) in [6.45, 7) is 6.82. The number of hydrogen-bond donors (Lipinski definition) is 1. The van der Waals surface area contributed by atoms with Crippen LogP contribution in [0.25, 0.3) is 0 Å². The molecule has 1 N–H and O–H groups in total. The fourth-order valence-corrected chi connectivity index (χ4v) is 2.93. The van der Waals surface area contributed by atoms with Gasteiger partial charge in [-0.3, -0.25) is 0 Å². The van der Waals surface area contributed by atoms with Crippen molar-refractivity contribution in [3.8, 4) is 0 Å². The summed E-state index contributed by atoms with van der Waals surface area (Å²) >= 11 is 0. The molecule has 2 heteroatoms. The Morgan fingerprint density at radius 1 is 1.35 bits per heavy atom. The third-order valence-electron chi connectivity index (χ3n) is 3.84. The highest BCUT2D eigenvalue weighted by Gasteiger charge is 2.26. The maximum Gasteiger partial charge on any atom is 0.0937 e. The number of nitrogens with one attached hydrogen (secondary N) is 1. The SMILES string of the molecule is CC(C)CNCC1CCCCC1c1ccoc1. The van der Waals surface area contributed by atoms with Crippen molar-refractivity contribution in [2.45, 2.75) is 45.4 Å². The van der Waals surface area contributed by atoms with E-state index in [-0.39, 0.29) is 0 Å². The van der Waals surface area contributed by atoms with Crippen LogP contribution in [0.4, 0.5) is 0 Å². The van der Waals surface area contributed by atoms with E-state index in [1.54, 1.807) is 0 Å². The molecule has 1 aliphatic carbocycles. The normalized spacial score (nSPS) is 25.4. The molecular weight excluding hydrogens is 210 g/mol. The van der Waals surface area contributed by atoms with E-state index in [9.17, 15) is 0 Å². The van der Waals surface area contributed by atoms with Crippen molar-refractivity contribution in [3.63, 3.8) is 0 Å². The molecule has 0 radical (unpaired) electrons. The van der Waals surface area contributed by atoms with E-state index in [0.717, 1.165) is 24.9 Å². The van der Waals surface area contributed by atoms with E-state index >= 15 is 0 Å². The summed E-state index contributed by atoms with van der Waals surface area (Å²) < 4.78 is 5.24. The van der Waals surface area contributed by atoms with Crippen molar-refractivity contribution in [1.82, 2.24) is 5.32 Å². The van der Waals surface area contributed by atoms with Gasteiger partial charge in [-0.05, 0) is 55.3 Å². The molecule has 0 saturated heterocycles. The molecule has 1 saturated carbocycles. The van der Waals surface area contributed by atoms with E-state index in [1.807, 2.05) is 12.5 Å². The van der Waals surface area contributed by atoms with E-state index in [0.29, 0.717) is 5.92 Å². The van der Waals surface area contributed by atoms with Crippen molar-refractivity contribution in [2.75, 3.05) is 13.1 Å². The molecule has 2 nitrogen and oxygen atoms in total. The number of rotatable bonds is 5. The quantitative estimate of drug-likeness (QED) is 0.839. The van der Waals surface area contributed by atoms with Crippen LogP contribution >= 0.6 is 0 Å². The molecule has 96 valence electrons. The van der Waals surface area contributed by atoms with Crippen LogP contribution < -0.4 is 5.32 Å². The summed E-state index contributed by atoms with van der Waals surface area (Å²) in [4.78, 5) is 0. The van der Waals surface area contributed by atoms with Gasteiger partial charge in [0.15, 0.2) is 0 Å². The van der Waals surface area contributed by atoms with E-state index in [2.05, 4.69) is 25.2 Å². The first kappa shape index (κ1) is 12.7.